The van der Waals surface area contributed by atoms with E-state index in [4.69, 9.17) is 9.47 Å². The SMILES string of the molecule is CCc1cc(C#CCNC(=O)OC(C)C)ccc1-c1cn(CC2CCCCO2)nn1. The third-order valence-electron chi connectivity index (χ3n) is 4.86. The van der Waals surface area contributed by atoms with Crippen LogP contribution in [0.4, 0.5) is 4.79 Å². The van der Waals surface area contributed by atoms with Gasteiger partial charge in [-0.3, -0.25) is 0 Å². The Bertz CT molecular complexity index is 905. The number of benzene rings is 1. The van der Waals surface area contributed by atoms with Crippen molar-refractivity contribution in [2.24, 2.45) is 0 Å². The number of carbonyl (C=O) groups is 1. The molecular formula is C23H30N4O3. The van der Waals surface area contributed by atoms with Crippen LogP contribution in [-0.2, 0) is 22.4 Å². The van der Waals surface area contributed by atoms with Crippen molar-refractivity contribution in [3.63, 3.8) is 0 Å². The molecule has 3 rings (SSSR count). The third kappa shape index (κ3) is 6.33. The molecule has 1 aromatic heterocycles. The molecule has 1 aliphatic rings. The summed E-state index contributed by atoms with van der Waals surface area (Å²) in [6.45, 7) is 7.54. The molecule has 7 heteroatoms. The van der Waals surface area contributed by atoms with Crippen molar-refractivity contribution < 1.29 is 14.3 Å². The first-order chi connectivity index (χ1) is 14.5. The summed E-state index contributed by atoms with van der Waals surface area (Å²) in [6.07, 6.45) is 5.91. The van der Waals surface area contributed by atoms with Gasteiger partial charge >= 0.3 is 6.09 Å². The van der Waals surface area contributed by atoms with E-state index in [1.165, 1.54) is 6.42 Å². The standard InChI is InChI=1S/C23H30N4O3/c1-4-19-14-18(8-7-12-24-23(28)30-17(2)3)10-11-21(19)22-16-27(26-25-22)15-20-9-5-6-13-29-20/h10-11,14,16-17,20H,4-6,9,12-13,15H2,1-3H3,(H,24,28). The highest BCUT2D eigenvalue weighted by atomic mass is 16.6. The van der Waals surface area contributed by atoms with Gasteiger partial charge in [0.05, 0.1) is 31.5 Å². The van der Waals surface area contributed by atoms with E-state index in [2.05, 4.69) is 40.5 Å². The van der Waals surface area contributed by atoms with E-state index in [0.717, 1.165) is 54.8 Å². The number of aryl methyl sites for hydroxylation is 1. The summed E-state index contributed by atoms with van der Waals surface area (Å²) < 4.78 is 12.7. The predicted octanol–water partition coefficient (Wildman–Crippen LogP) is 3.56. The number of nitrogens with zero attached hydrogens (tertiary/aromatic N) is 3. The lowest BCUT2D eigenvalue weighted by Gasteiger charge is -2.21. The van der Waals surface area contributed by atoms with E-state index < -0.39 is 6.09 Å². The Kier molecular flexibility index (Phi) is 7.86. The second kappa shape index (κ2) is 10.8. The quantitative estimate of drug-likeness (QED) is 0.737. The highest BCUT2D eigenvalue weighted by Gasteiger charge is 2.16. The minimum Gasteiger partial charge on any atom is -0.447 e. The number of carbonyl (C=O) groups excluding carboxylic acids is 1. The van der Waals surface area contributed by atoms with Crippen molar-refractivity contribution in [1.29, 1.82) is 0 Å². The number of amides is 1. The summed E-state index contributed by atoms with van der Waals surface area (Å²) >= 11 is 0. The Hall–Kier alpha value is -2.85. The minimum atomic E-state index is -0.453. The molecule has 2 heterocycles. The van der Waals surface area contributed by atoms with Crippen molar-refractivity contribution in [2.75, 3.05) is 13.2 Å². The van der Waals surface area contributed by atoms with Gasteiger partial charge in [0.1, 0.15) is 5.69 Å². The fraction of sp³-hybridized carbons (Fsp3) is 0.522. The molecule has 0 bridgehead atoms. The number of hydrogen-bond donors (Lipinski definition) is 1. The molecule has 1 amide bonds. The number of rotatable bonds is 6. The van der Waals surface area contributed by atoms with Crippen molar-refractivity contribution in [3.05, 3.63) is 35.5 Å². The van der Waals surface area contributed by atoms with Gasteiger partial charge in [0.25, 0.3) is 0 Å². The zero-order chi connectivity index (χ0) is 21.3. The van der Waals surface area contributed by atoms with E-state index in [1.54, 1.807) is 13.8 Å². The van der Waals surface area contributed by atoms with Gasteiger partial charge in [-0.25, -0.2) is 9.48 Å². The van der Waals surface area contributed by atoms with Crippen LogP contribution < -0.4 is 5.32 Å². The van der Waals surface area contributed by atoms with Gasteiger partial charge in [0, 0.05) is 17.7 Å². The summed E-state index contributed by atoms with van der Waals surface area (Å²) in [5.41, 5.74) is 3.99. The molecule has 1 unspecified atom stereocenters. The summed E-state index contributed by atoms with van der Waals surface area (Å²) in [5, 5.41) is 11.3. The summed E-state index contributed by atoms with van der Waals surface area (Å²) in [7, 11) is 0. The predicted molar refractivity (Wildman–Crippen MR) is 115 cm³/mol. The van der Waals surface area contributed by atoms with E-state index >= 15 is 0 Å². The summed E-state index contributed by atoms with van der Waals surface area (Å²) in [5.74, 6) is 6.05. The van der Waals surface area contributed by atoms with Gasteiger partial charge in [-0.1, -0.05) is 30.0 Å². The Balaban J connectivity index is 1.63. The Morgan fingerprint density at radius 3 is 3.00 bits per heavy atom. The van der Waals surface area contributed by atoms with Crippen LogP contribution in [0, 0.1) is 11.8 Å². The van der Waals surface area contributed by atoms with Crippen molar-refractivity contribution in [1.82, 2.24) is 20.3 Å². The van der Waals surface area contributed by atoms with Gasteiger partial charge in [-0.15, -0.1) is 5.10 Å². The molecule has 0 aliphatic carbocycles. The van der Waals surface area contributed by atoms with E-state index in [9.17, 15) is 4.79 Å². The molecule has 1 aromatic carbocycles. The Morgan fingerprint density at radius 1 is 1.40 bits per heavy atom. The highest BCUT2D eigenvalue weighted by Crippen LogP contribution is 2.24. The molecule has 7 nitrogen and oxygen atoms in total. The molecule has 30 heavy (non-hydrogen) atoms. The molecule has 0 saturated carbocycles. The number of alkyl carbamates (subject to hydrolysis) is 1. The second-order valence-electron chi connectivity index (χ2n) is 7.65. The molecule has 1 atom stereocenters. The maximum Gasteiger partial charge on any atom is 0.408 e. The van der Waals surface area contributed by atoms with E-state index in [-0.39, 0.29) is 18.8 Å². The molecular weight excluding hydrogens is 380 g/mol. The monoisotopic (exact) mass is 410 g/mol. The van der Waals surface area contributed by atoms with E-state index in [1.807, 2.05) is 23.0 Å². The van der Waals surface area contributed by atoms with Crippen molar-refractivity contribution >= 4 is 6.09 Å². The van der Waals surface area contributed by atoms with Crippen molar-refractivity contribution in [2.45, 2.75) is 65.2 Å². The fourth-order valence-corrected chi connectivity index (χ4v) is 3.40. The first-order valence-electron chi connectivity index (χ1n) is 10.6. The lowest BCUT2D eigenvalue weighted by Crippen LogP contribution is -2.26. The number of ether oxygens (including phenoxy) is 2. The van der Waals surface area contributed by atoms with Crippen LogP contribution in [0.15, 0.2) is 24.4 Å². The largest absolute Gasteiger partial charge is 0.447 e. The fourth-order valence-electron chi connectivity index (χ4n) is 3.40. The van der Waals surface area contributed by atoms with Crippen LogP contribution in [0.2, 0.25) is 0 Å². The van der Waals surface area contributed by atoms with Gasteiger partial charge in [0.2, 0.25) is 0 Å². The topological polar surface area (TPSA) is 78.3 Å². The molecule has 160 valence electrons. The van der Waals surface area contributed by atoms with Crippen LogP contribution in [-0.4, -0.2) is 46.4 Å². The Morgan fingerprint density at radius 2 is 2.27 bits per heavy atom. The highest BCUT2D eigenvalue weighted by molar-refractivity contribution is 5.68. The smallest absolute Gasteiger partial charge is 0.408 e. The van der Waals surface area contributed by atoms with Crippen LogP contribution >= 0.6 is 0 Å². The lowest BCUT2D eigenvalue weighted by molar-refractivity contribution is 0.00370. The molecule has 1 fully saturated rings. The lowest BCUT2D eigenvalue weighted by atomic mass is 10.00. The number of aromatic nitrogens is 3. The van der Waals surface area contributed by atoms with Crippen molar-refractivity contribution in [3.8, 4) is 23.1 Å². The third-order valence-corrected chi connectivity index (χ3v) is 4.86. The first kappa shape index (κ1) is 21.8. The van der Waals surface area contributed by atoms with Gasteiger partial charge < -0.3 is 14.8 Å². The normalized spacial score (nSPS) is 16.1. The molecule has 1 aliphatic heterocycles. The maximum atomic E-state index is 11.5. The minimum absolute atomic E-state index is 0.147. The summed E-state index contributed by atoms with van der Waals surface area (Å²) in [6, 6.07) is 6.07. The number of nitrogens with one attached hydrogen (secondary N) is 1. The average Bonchev–Trinajstić information content (AvgIpc) is 3.19. The summed E-state index contributed by atoms with van der Waals surface area (Å²) in [4.78, 5) is 11.5. The maximum absolute atomic E-state index is 11.5. The molecule has 0 radical (unpaired) electrons. The number of hydrogen-bond acceptors (Lipinski definition) is 5. The van der Waals surface area contributed by atoms with Gasteiger partial charge in [-0.05, 0) is 57.2 Å². The molecule has 2 aromatic rings. The average molecular weight is 411 g/mol. The zero-order valence-corrected chi connectivity index (χ0v) is 18.0. The first-order valence-corrected chi connectivity index (χ1v) is 10.6. The second-order valence-corrected chi connectivity index (χ2v) is 7.65. The van der Waals surface area contributed by atoms with Gasteiger partial charge in [-0.2, -0.15) is 0 Å². The molecule has 1 saturated heterocycles. The molecule has 0 spiro atoms. The van der Waals surface area contributed by atoms with Crippen LogP contribution in [0.5, 0.6) is 0 Å². The van der Waals surface area contributed by atoms with Gasteiger partial charge in [0.15, 0.2) is 0 Å². The zero-order valence-electron chi connectivity index (χ0n) is 18.0. The molecule has 1 N–H and O–H groups in total. The van der Waals surface area contributed by atoms with Crippen LogP contribution in [0.3, 0.4) is 0 Å². The Labute approximate surface area is 178 Å². The van der Waals surface area contributed by atoms with Crippen LogP contribution in [0.1, 0.15) is 51.2 Å². The van der Waals surface area contributed by atoms with Crippen LogP contribution in [0.25, 0.3) is 11.3 Å². The van der Waals surface area contributed by atoms with E-state index in [0.29, 0.717) is 0 Å².